The van der Waals surface area contributed by atoms with Gasteiger partial charge in [-0.15, -0.1) is 0 Å². The van der Waals surface area contributed by atoms with Crippen molar-refractivity contribution < 1.29 is 19.1 Å². The molecule has 1 unspecified atom stereocenters. The van der Waals surface area contributed by atoms with Gasteiger partial charge in [0.25, 0.3) is 5.91 Å². The Morgan fingerprint density at radius 2 is 1.96 bits per heavy atom. The molecule has 150 valence electrons. The standard InChI is InChI=1S/C19H30N4O4/c1-19(21,18(25)27-3)8-11-23-9-6-14(7-10-23)22-17(24)13-4-5-15(20)16(12-13)26-2/h4-5,12,14H,6-11,20-21H2,1-3H3,(H,22,24). The van der Waals surface area contributed by atoms with Crippen molar-refractivity contribution in [1.29, 1.82) is 0 Å². The number of carbonyl (C=O) groups excluding carboxylic acids is 2. The van der Waals surface area contributed by atoms with Crippen molar-refractivity contribution in [3.63, 3.8) is 0 Å². The van der Waals surface area contributed by atoms with E-state index in [1.54, 1.807) is 25.1 Å². The number of methoxy groups -OCH3 is 2. The Labute approximate surface area is 160 Å². The number of likely N-dealkylation sites (tertiary alicyclic amines) is 1. The van der Waals surface area contributed by atoms with E-state index in [0.29, 0.717) is 23.4 Å². The summed E-state index contributed by atoms with van der Waals surface area (Å²) in [5, 5.41) is 3.07. The lowest BCUT2D eigenvalue weighted by molar-refractivity contribution is -0.146. The van der Waals surface area contributed by atoms with Gasteiger partial charge in [0, 0.05) is 31.2 Å². The third-order valence-corrected chi connectivity index (χ3v) is 5.02. The van der Waals surface area contributed by atoms with E-state index in [-0.39, 0.29) is 11.9 Å². The Bertz CT molecular complexity index is 670. The number of carbonyl (C=O) groups is 2. The average molecular weight is 378 g/mol. The molecule has 8 heteroatoms. The summed E-state index contributed by atoms with van der Waals surface area (Å²) >= 11 is 0. The molecule has 27 heavy (non-hydrogen) atoms. The molecule has 1 heterocycles. The van der Waals surface area contributed by atoms with Crippen molar-refractivity contribution in [1.82, 2.24) is 10.2 Å². The normalized spacial score (nSPS) is 17.8. The Balaban J connectivity index is 1.80. The zero-order valence-electron chi connectivity index (χ0n) is 16.3. The molecule has 1 saturated heterocycles. The minimum absolute atomic E-state index is 0.113. The highest BCUT2D eigenvalue weighted by Crippen LogP contribution is 2.22. The quantitative estimate of drug-likeness (QED) is 0.473. The number of anilines is 1. The van der Waals surface area contributed by atoms with Gasteiger partial charge in [-0.1, -0.05) is 0 Å². The first kappa shape index (κ1) is 21.0. The average Bonchev–Trinajstić information content (AvgIpc) is 2.67. The van der Waals surface area contributed by atoms with Gasteiger partial charge in [-0.2, -0.15) is 0 Å². The molecule has 0 radical (unpaired) electrons. The van der Waals surface area contributed by atoms with Crippen molar-refractivity contribution >= 4 is 17.6 Å². The number of nitrogens with one attached hydrogen (secondary N) is 1. The fourth-order valence-electron chi connectivity index (χ4n) is 3.15. The number of amides is 1. The molecule has 1 atom stereocenters. The number of nitrogens with two attached hydrogens (primary N) is 2. The molecule has 1 amide bonds. The van der Waals surface area contributed by atoms with E-state index in [1.165, 1.54) is 14.2 Å². The van der Waals surface area contributed by atoms with Crippen molar-refractivity contribution in [2.24, 2.45) is 5.73 Å². The van der Waals surface area contributed by atoms with Gasteiger partial charge in [-0.25, -0.2) is 0 Å². The zero-order chi connectivity index (χ0) is 20.0. The number of piperidine rings is 1. The maximum atomic E-state index is 12.5. The summed E-state index contributed by atoms with van der Waals surface area (Å²) in [6.07, 6.45) is 2.22. The van der Waals surface area contributed by atoms with Gasteiger partial charge in [0.2, 0.25) is 0 Å². The van der Waals surface area contributed by atoms with Crippen molar-refractivity contribution in [2.75, 3.05) is 39.6 Å². The van der Waals surface area contributed by atoms with Gasteiger partial charge in [0.15, 0.2) is 0 Å². The van der Waals surface area contributed by atoms with Crippen LogP contribution in [0.1, 0.15) is 36.5 Å². The number of hydrogen-bond acceptors (Lipinski definition) is 7. The van der Waals surface area contributed by atoms with Gasteiger partial charge in [0.1, 0.15) is 11.3 Å². The number of esters is 1. The Kier molecular flexibility index (Phi) is 7.04. The first-order valence-corrected chi connectivity index (χ1v) is 9.11. The van der Waals surface area contributed by atoms with Crippen LogP contribution in [-0.2, 0) is 9.53 Å². The van der Waals surface area contributed by atoms with Crippen LogP contribution in [0.25, 0.3) is 0 Å². The molecule has 0 spiro atoms. The van der Waals surface area contributed by atoms with E-state index < -0.39 is 11.5 Å². The first-order valence-electron chi connectivity index (χ1n) is 9.11. The zero-order valence-corrected chi connectivity index (χ0v) is 16.3. The molecule has 8 nitrogen and oxygen atoms in total. The number of benzene rings is 1. The van der Waals surface area contributed by atoms with Crippen LogP contribution < -0.4 is 21.5 Å². The van der Waals surface area contributed by atoms with Crippen LogP contribution in [0.3, 0.4) is 0 Å². The highest BCUT2D eigenvalue weighted by Gasteiger charge is 2.30. The third-order valence-electron chi connectivity index (χ3n) is 5.02. The van der Waals surface area contributed by atoms with E-state index in [2.05, 4.69) is 10.2 Å². The summed E-state index contributed by atoms with van der Waals surface area (Å²) in [5.41, 5.74) is 11.8. The Hall–Kier alpha value is -2.32. The van der Waals surface area contributed by atoms with Gasteiger partial charge in [-0.3, -0.25) is 9.59 Å². The number of rotatable bonds is 7. The van der Waals surface area contributed by atoms with Crippen molar-refractivity contribution in [3.8, 4) is 5.75 Å². The van der Waals surface area contributed by atoms with Crippen molar-refractivity contribution in [2.45, 2.75) is 37.8 Å². The summed E-state index contributed by atoms with van der Waals surface area (Å²) in [6, 6.07) is 5.12. The first-order chi connectivity index (χ1) is 12.8. The molecular weight excluding hydrogens is 348 g/mol. The lowest BCUT2D eigenvalue weighted by Gasteiger charge is -2.34. The minimum Gasteiger partial charge on any atom is -0.495 e. The highest BCUT2D eigenvalue weighted by molar-refractivity contribution is 5.95. The molecule has 0 bridgehead atoms. The molecule has 1 fully saturated rings. The number of ether oxygens (including phenoxy) is 2. The van der Waals surface area contributed by atoms with Gasteiger partial charge in [0.05, 0.1) is 19.9 Å². The summed E-state index contributed by atoms with van der Waals surface area (Å²) in [5.74, 6) is -0.0385. The van der Waals surface area contributed by atoms with Crippen LogP contribution in [0.4, 0.5) is 5.69 Å². The number of nitrogens with zero attached hydrogens (tertiary/aromatic N) is 1. The molecule has 1 aromatic rings. The van der Waals surface area contributed by atoms with Crippen LogP contribution in [0.15, 0.2) is 18.2 Å². The third kappa shape index (κ3) is 5.58. The maximum absolute atomic E-state index is 12.5. The van der Waals surface area contributed by atoms with E-state index in [0.717, 1.165) is 32.5 Å². The number of hydrogen-bond donors (Lipinski definition) is 3. The van der Waals surface area contributed by atoms with Crippen LogP contribution in [-0.4, -0.2) is 62.2 Å². The number of nitrogen functional groups attached to an aromatic ring is 1. The summed E-state index contributed by atoms with van der Waals surface area (Å²) in [4.78, 5) is 26.4. The van der Waals surface area contributed by atoms with Crippen LogP contribution in [0.5, 0.6) is 5.75 Å². The molecule has 5 N–H and O–H groups in total. The topological polar surface area (TPSA) is 120 Å². The second-order valence-electron chi connectivity index (χ2n) is 7.21. The predicted molar refractivity (Wildman–Crippen MR) is 104 cm³/mol. The SMILES string of the molecule is COC(=O)C(C)(N)CCN1CCC(NC(=O)c2ccc(N)c(OC)c2)CC1. The monoisotopic (exact) mass is 378 g/mol. The highest BCUT2D eigenvalue weighted by atomic mass is 16.5. The summed E-state index contributed by atoms with van der Waals surface area (Å²) in [7, 11) is 2.87. The molecule has 0 aliphatic carbocycles. The predicted octanol–water partition coefficient (Wildman–Crippen LogP) is 0.752. The summed E-state index contributed by atoms with van der Waals surface area (Å²) < 4.78 is 9.90. The molecule has 0 aromatic heterocycles. The second kappa shape index (κ2) is 9.05. The van der Waals surface area contributed by atoms with Crippen LogP contribution in [0.2, 0.25) is 0 Å². The van der Waals surface area contributed by atoms with Crippen molar-refractivity contribution in [3.05, 3.63) is 23.8 Å². The molecule has 1 aliphatic rings. The fraction of sp³-hybridized carbons (Fsp3) is 0.579. The van der Waals surface area contributed by atoms with E-state index in [1.807, 2.05) is 0 Å². The fourth-order valence-corrected chi connectivity index (χ4v) is 3.15. The lowest BCUT2D eigenvalue weighted by Crippen LogP contribution is -2.50. The molecule has 1 aromatic carbocycles. The van der Waals surface area contributed by atoms with Gasteiger partial charge in [-0.05, 0) is 44.4 Å². The lowest BCUT2D eigenvalue weighted by atomic mass is 9.97. The molecule has 0 saturated carbocycles. The van der Waals surface area contributed by atoms with E-state index in [9.17, 15) is 9.59 Å². The molecule has 1 aliphatic heterocycles. The largest absolute Gasteiger partial charge is 0.495 e. The van der Waals surface area contributed by atoms with Crippen LogP contribution in [0, 0.1) is 0 Å². The van der Waals surface area contributed by atoms with E-state index in [4.69, 9.17) is 20.9 Å². The Morgan fingerprint density at radius 3 is 2.56 bits per heavy atom. The van der Waals surface area contributed by atoms with E-state index >= 15 is 0 Å². The maximum Gasteiger partial charge on any atom is 0.325 e. The minimum atomic E-state index is -0.978. The molecule has 2 rings (SSSR count). The smallest absolute Gasteiger partial charge is 0.325 e. The second-order valence-corrected chi connectivity index (χ2v) is 7.21. The summed E-state index contributed by atoms with van der Waals surface area (Å²) in [6.45, 7) is 4.09. The Morgan fingerprint density at radius 1 is 1.30 bits per heavy atom. The van der Waals surface area contributed by atoms with Crippen LogP contribution >= 0.6 is 0 Å². The molecular formula is C19H30N4O4. The van der Waals surface area contributed by atoms with Gasteiger partial charge < -0.3 is 31.2 Å². The van der Waals surface area contributed by atoms with Gasteiger partial charge >= 0.3 is 5.97 Å².